The highest BCUT2D eigenvalue weighted by molar-refractivity contribution is 5.81. The van der Waals surface area contributed by atoms with Gasteiger partial charge in [0, 0.05) is 43.7 Å². The predicted octanol–water partition coefficient (Wildman–Crippen LogP) is 4.38. The van der Waals surface area contributed by atoms with Gasteiger partial charge in [0.2, 0.25) is 17.9 Å². The van der Waals surface area contributed by atoms with Crippen molar-refractivity contribution in [3.63, 3.8) is 0 Å². The summed E-state index contributed by atoms with van der Waals surface area (Å²) >= 11 is 0. The minimum Gasteiger partial charge on any atom is -0.480 e. The Bertz CT molecular complexity index is 1610. The maximum absolute atomic E-state index is 14.2. The van der Waals surface area contributed by atoms with Gasteiger partial charge < -0.3 is 25.8 Å². The van der Waals surface area contributed by atoms with Crippen molar-refractivity contribution in [3.8, 4) is 17.0 Å². The first-order valence-electron chi connectivity index (χ1n) is 13.5. The van der Waals surface area contributed by atoms with Crippen molar-refractivity contribution in [3.05, 3.63) is 66.5 Å². The Morgan fingerprint density at radius 2 is 1.71 bits per heavy atom. The van der Waals surface area contributed by atoms with Crippen molar-refractivity contribution in [2.75, 3.05) is 30.3 Å². The van der Waals surface area contributed by atoms with Crippen molar-refractivity contribution < 1.29 is 27.8 Å². The van der Waals surface area contributed by atoms with Gasteiger partial charge in [0.25, 0.3) is 0 Å². The van der Waals surface area contributed by atoms with Gasteiger partial charge in [0.05, 0.1) is 11.0 Å². The molecule has 2 aromatic carbocycles. The van der Waals surface area contributed by atoms with Gasteiger partial charge in [0.15, 0.2) is 0 Å². The highest BCUT2D eigenvalue weighted by atomic mass is 19.4. The molecule has 0 bridgehead atoms. The zero-order chi connectivity index (χ0) is 29.5. The SMILES string of the molecule is Nc1nc(OC(c2ccc(-c3ccc4nccnc4c3)cc2)C(F)(F)F)cc(N2CCC3(CC2)CNC(C(=O)O)C3)n1. The molecular formula is C29H28F3N7O3. The summed E-state index contributed by atoms with van der Waals surface area (Å²) in [7, 11) is 0. The van der Waals surface area contributed by atoms with Gasteiger partial charge >= 0.3 is 12.1 Å². The van der Waals surface area contributed by atoms with Crippen LogP contribution in [0.25, 0.3) is 22.2 Å². The highest BCUT2D eigenvalue weighted by Crippen LogP contribution is 2.41. The number of hydrogen-bond acceptors (Lipinski definition) is 9. The molecule has 2 aliphatic heterocycles. The Hall–Kier alpha value is -4.52. The number of nitrogens with zero attached hydrogens (tertiary/aromatic N) is 5. The Balaban J connectivity index is 1.19. The van der Waals surface area contributed by atoms with Crippen molar-refractivity contribution in [1.29, 1.82) is 0 Å². The Labute approximate surface area is 238 Å². The Morgan fingerprint density at radius 3 is 2.38 bits per heavy atom. The van der Waals surface area contributed by atoms with Crippen LogP contribution in [0.1, 0.15) is 30.9 Å². The van der Waals surface area contributed by atoms with E-state index in [4.69, 9.17) is 10.5 Å². The second-order valence-electron chi connectivity index (χ2n) is 10.8. The molecule has 13 heteroatoms. The van der Waals surface area contributed by atoms with Gasteiger partial charge in [-0.2, -0.15) is 23.1 Å². The first-order valence-corrected chi connectivity index (χ1v) is 13.5. The standard InChI is InChI=1S/C29H28F3N7O3/c30-29(31,32)25(18-3-1-17(2-4-18)19-5-6-20-21(13-19)35-10-9-34-20)42-24-14-23(37-27(33)38-24)39-11-7-28(8-12-39)15-22(26(40)41)36-16-28/h1-6,9-10,13-14,22,25,36H,7-8,11-12,15-16H2,(H,40,41)(H2,33,37,38). The van der Waals surface area contributed by atoms with Crippen LogP contribution >= 0.6 is 0 Å². The number of rotatable bonds is 6. The number of carboxylic acid groups (broad SMARTS) is 1. The second-order valence-corrected chi connectivity index (χ2v) is 10.8. The fourth-order valence-corrected chi connectivity index (χ4v) is 5.77. The number of nitrogen functional groups attached to an aromatic ring is 1. The monoisotopic (exact) mass is 579 g/mol. The van der Waals surface area contributed by atoms with E-state index in [0.717, 1.165) is 16.6 Å². The predicted molar refractivity (Wildman–Crippen MR) is 149 cm³/mol. The molecule has 2 atom stereocenters. The molecule has 0 amide bonds. The number of carbonyl (C=O) groups is 1. The number of halogens is 3. The van der Waals surface area contributed by atoms with Crippen molar-refractivity contribution in [1.82, 2.24) is 25.3 Å². The van der Waals surface area contributed by atoms with E-state index in [0.29, 0.717) is 50.2 Å². The molecule has 0 aliphatic carbocycles. The van der Waals surface area contributed by atoms with Crippen LogP contribution in [0, 0.1) is 5.41 Å². The summed E-state index contributed by atoms with van der Waals surface area (Å²) in [6, 6.07) is 12.2. The number of aromatic nitrogens is 4. The van der Waals surface area contributed by atoms with Crippen LogP contribution in [0.4, 0.5) is 24.9 Å². The van der Waals surface area contributed by atoms with E-state index < -0.39 is 24.3 Å². The Morgan fingerprint density at radius 1 is 1.02 bits per heavy atom. The second kappa shape index (κ2) is 10.7. The fourth-order valence-electron chi connectivity index (χ4n) is 5.77. The molecule has 10 nitrogen and oxygen atoms in total. The third-order valence-electron chi connectivity index (χ3n) is 8.07. The topological polar surface area (TPSA) is 139 Å². The molecule has 0 radical (unpaired) electrons. The lowest BCUT2D eigenvalue weighted by atomic mass is 9.76. The number of aliphatic carboxylic acids is 1. The average Bonchev–Trinajstić information content (AvgIpc) is 3.39. The number of hydrogen-bond donors (Lipinski definition) is 3. The van der Waals surface area contributed by atoms with E-state index in [1.165, 1.54) is 18.2 Å². The summed E-state index contributed by atoms with van der Waals surface area (Å²) in [5, 5.41) is 12.4. The first kappa shape index (κ1) is 27.6. The van der Waals surface area contributed by atoms with E-state index in [1.807, 2.05) is 23.1 Å². The van der Waals surface area contributed by atoms with E-state index in [9.17, 15) is 23.1 Å². The van der Waals surface area contributed by atoms with Gasteiger partial charge in [-0.1, -0.05) is 30.3 Å². The molecule has 1 spiro atoms. The number of piperidine rings is 1. The maximum atomic E-state index is 14.2. The molecule has 2 unspecified atom stereocenters. The molecular weight excluding hydrogens is 551 g/mol. The van der Waals surface area contributed by atoms with Gasteiger partial charge in [-0.25, -0.2) is 0 Å². The quantitative estimate of drug-likeness (QED) is 0.301. The number of nitrogens with one attached hydrogen (secondary N) is 1. The lowest BCUT2D eigenvalue weighted by Crippen LogP contribution is -2.41. The lowest BCUT2D eigenvalue weighted by Gasteiger charge is -2.39. The zero-order valence-electron chi connectivity index (χ0n) is 22.4. The van der Waals surface area contributed by atoms with E-state index in [1.54, 1.807) is 24.5 Å². The van der Waals surface area contributed by atoms with Crippen LogP contribution in [0.3, 0.4) is 0 Å². The molecule has 0 saturated carbocycles. The van der Waals surface area contributed by atoms with Crippen LogP contribution in [0.2, 0.25) is 0 Å². The summed E-state index contributed by atoms with van der Waals surface area (Å²) in [4.78, 5) is 30.0. The summed E-state index contributed by atoms with van der Waals surface area (Å²) in [5.74, 6) is -0.987. The van der Waals surface area contributed by atoms with Crippen LogP contribution in [-0.4, -0.2) is 62.9 Å². The molecule has 4 aromatic rings. The molecule has 2 aromatic heterocycles. The van der Waals surface area contributed by atoms with Crippen molar-refractivity contribution in [2.45, 2.75) is 37.6 Å². The van der Waals surface area contributed by atoms with E-state index >= 15 is 0 Å². The van der Waals surface area contributed by atoms with Crippen LogP contribution < -0.4 is 20.7 Å². The van der Waals surface area contributed by atoms with Gasteiger partial charge in [0.1, 0.15) is 11.9 Å². The van der Waals surface area contributed by atoms with E-state index in [2.05, 4.69) is 25.3 Å². The Kier molecular flexibility index (Phi) is 7.05. The normalized spacial score (nSPS) is 19.2. The molecule has 2 saturated heterocycles. The molecule has 42 heavy (non-hydrogen) atoms. The zero-order valence-corrected chi connectivity index (χ0v) is 22.4. The van der Waals surface area contributed by atoms with Gasteiger partial charge in [-0.15, -0.1) is 0 Å². The average molecular weight is 580 g/mol. The number of fused-ring (bicyclic) bond motifs is 1. The van der Waals surface area contributed by atoms with Crippen molar-refractivity contribution >= 4 is 28.8 Å². The largest absolute Gasteiger partial charge is 0.480 e. The highest BCUT2D eigenvalue weighted by Gasteiger charge is 2.45. The van der Waals surface area contributed by atoms with Gasteiger partial charge in [-0.3, -0.25) is 14.8 Å². The first-order chi connectivity index (χ1) is 20.1. The maximum Gasteiger partial charge on any atom is 0.429 e. The molecule has 4 heterocycles. The van der Waals surface area contributed by atoms with E-state index in [-0.39, 0.29) is 22.8 Å². The number of benzene rings is 2. The fraction of sp³-hybridized carbons (Fsp3) is 0.345. The molecule has 6 rings (SSSR count). The molecule has 218 valence electrons. The number of ether oxygens (including phenoxy) is 1. The smallest absolute Gasteiger partial charge is 0.429 e. The van der Waals surface area contributed by atoms with Crippen LogP contribution in [0.5, 0.6) is 5.88 Å². The summed E-state index contributed by atoms with van der Waals surface area (Å²) in [5.41, 5.74) is 8.58. The van der Waals surface area contributed by atoms with Crippen molar-refractivity contribution in [2.24, 2.45) is 5.41 Å². The summed E-state index contributed by atoms with van der Waals surface area (Å²) in [6.07, 6.45) is -1.87. The third kappa shape index (κ3) is 5.64. The summed E-state index contributed by atoms with van der Waals surface area (Å²) < 4.78 is 48.1. The molecule has 2 fully saturated rings. The van der Waals surface area contributed by atoms with Crippen LogP contribution in [0.15, 0.2) is 60.9 Å². The lowest BCUT2D eigenvalue weighted by molar-refractivity contribution is -0.198. The van der Waals surface area contributed by atoms with Gasteiger partial charge in [-0.05, 0) is 47.9 Å². The number of anilines is 2. The number of alkyl halides is 3. The summed E-state index contributed by atoms with van der Waals surface area (Å²) in [6.45, 7) is 1.71. The number of carboxylic acids is 1. The minimum absolute atomic E-state index is 0.0906. The third-order valence-corrected chi connectivity index (χ3v) is 8.07. The minimum atomic E-state index is -4.73. The molecule has 4 N–H and O–H groups in total. The molecule has 2 aliphatic rings. The number of nitrogens with two attached hydrogens (primary N) is 1. The van der Waals surface area contributed by atoms with Crippen LogP contribution in [-0.2, 0) is 4.79 Å².